The summed E-state index contributed by atoms with van der Waals surface area (Å²) in [6.45, 7) is 15.9. The maximum Gasteiger partial charge on any atom is 0.311 e. The highest BCUT2D eigenvalue weighted by molar-refractivity contribution is 5.84. The fourth-order valence-corrected chi connectivity index (χ4v) is 10.5. The Morgan fingerprint density at radius 1 is 1.01 bits per heavy atom. The highest BCUT2D eigenvalue weighted by Gasteiger charge is 2.56. The zero-order valence-corrected chi connectivity index (χ0v) is 41.1. The van der Waals surface area contributed by atoms with E-state index in [1.807, 2.05) is 25.8 Å². The first-order chi connectivity index (χ1) is 31.9. The topological polar surface area (TPSA) is 266 Å². The largest absolute Gasteiger partial charge is 0.491 e. The van der Waals surface area contributed by atoms with Crippen molar-refractivity contribution in [2.24, 2.45) is 23.7 Å². The minimum absolute atomic E-state index is 0.0282. The molecule has 6 rings (SSSR count). The first-order valence-corrected chi connectivity index (χ1v) is 23.7. The van der Waals surface area contributed by atoms with E-state index in [0.29, 0.717) is 24.4 Å². The van der Waals surface area contributed by atoms with Crippen molar-refractivity contribution in [1.29, 1.82) is 0 Å². The molecule has 4 aliphatic rings. The van der Waals surface area contributed by atoms with Crippen molar-refractivity contribution >= 4 is 17.4 Å². The molecule has 0 saturated carbocycles. The van der Waals surface area contributed by atoms with Crippen LogP contribution in [0.1, 0.15) is 93.7 Å². The van der Waals surface area contributed by atoms with E-state index in [-0.39, 0.29) is 50.5 Å². The van der Waals surface area contributed by atoms with Gasteiger partial charge in [0.2, 0.25) is 0 Å². The van der Waals surface area contributed by atoms with Crippen molar-refractivity contribution in [2.45, 2.75) is 185 Å². The van der Waals surface area contributed by atoms with E-state index in [1.165, 1.54) is 26.2 Å². The third kappa shape index (κ3) is 11.5. The molecule has 5 heterocycles. The van der Waals surface area contributed by atoms with Crippen molar-refractivity contribution in [2.75, 3.05) is 27.4 Å². The van der Waals surface area contributed by atoms with Crippen molar-refractivity contribution < 1.29 is 72.8 Å². The molecule has 18 atom stereocenters. The molecule has 4 N–H and O–H groups in total. The van der Waals surface area contributed by atoms with E-state index in [4.69, 9.17) is 37.9 Å². The van der Waals surface area contributed by atoms with Crippen LogP contribution in [0.25, 0.3) is 0 Å². The second-order valence-electron chi connectivity index (χ2n) is 20.1. The number of hydrogen-bond acceptors (Lipinski definition) is 19. The van der Waals surface area contributed by atoms with Crippen LogP contribution in [0, 0.1) is 33.8 Å². The number of carbonyl (C=O) groups is 2. The minimum Gasteiger partial charge on any atom is -0.491 e. The molecular formula is C47H73N5O16. The molecule has 1 aromatic heterocycles. The summed E-state index contributed by atoms with van der Waals surface area (Å²) in [5, 5.41) is 66.3. The third-order valence-electron chi connectivity index (χ3n) is 14.8. The van der Waals surface area contributed by atoms with Gasteiger partial charge in [0.05, 0.1) is 77.5 Å². The van der Waals surface area contributed by atoms with E-state index in [0.717, 1.165) is 0 Å². The number of aliphatic hydroxyl groups excluding tert-OH is 3. The molecule has 21 heteroatoms. The number of cyclic esters (lactones) is 1. The van der Waals surface area contributed by atoms with E-state index < -0.39 is 119 Å². The fourth-order valence-electron chi connectivity index (χ4n) is 10.5. The number of non-ortho nitro benzene ring substituents is 1. The number of hydrogen-bond donors (Lipinski definition) is 4. The van der Waals surface area contributed by atoms with Crippen LogP contribution in [0.4, 0.5) is 5.69 Å². The Balaban J connectivity index is 1.27. The average Bonchev–Trinajstić information content (AvgIpc) is 3.93. The normalized spacial score (nSPS) is 40.7. The van der Waals surface area contributed by atoms with E-state index >= 15 is 0 Å². The maximum absolute atomic E-state index is 14.4. The predicted octanol–water partition coefficient (Wildman–Crippen LogP) is 2.95. The number of benzene rings is 1. The molecule has 1 aromatic carbocycles. The van der Waals surface area contributed by atoms with Gasteiger partial charge in [-0.3, -0.25) is 24.6 Å². The summed E-state index contributed by atoms with van der Waals surface area (Å²) in [4.78, 5) is 41.2. The van der Waals surface area contributed by atoms with Crippen molar-refractivity contribution in [1.82, 2.24) is 19.9 Å². The molecule has 0 amide bonds. The number of nitro groups is 1. The third-order valence-corrected chi connectivity index (χ3v) is 14.8. The van der Waals surface area contributed by atoms with Gasteiger partial charge >= 0.3 is 5.97 Å². The van der Waals surface area contributed by atoms with Gasteiger partial charge in [-0.1, -0.05) is 32.1 Å². The van der Waals surface area contributed by atoms with Gasteiger partial charge in [0.1, 0.15) is 42.1 Å². The Bertz CT molecular complexity index is 2040. The average molecular weight is 964 g/mol. The van der Waals surface area contributed by atoms with E-state index in [1.54, 1.807) is 64.6 Å². The number of nitro benzene ring substituents is 1. The van der Waals surface area contributed by atoms with Crippen LogP contribution in [-0.4, -0.2) is 169 Å². The van der Waals surface area contributed by atoms with Gasteiger partial charge in [-0.05, 0) is 73.9 Å². The van der Waals surface area contributed by atoms with Crippen LogP contribution in [0.3, 0.4) is 0 Å². The molecule has 4 fully saturated rings. The standard InChI is InChI=1S/C47H73N5O16/c1-12-35-47(9,58)40(55)26(3)37(53)30-20-46(8,63-24-30)42(27(4)39(28(5)43(57)66-35)67-36-21-45(7,61-11)41(56)29(6)65-36)68-44-38(54)34(18-25(2)64-44)50(10)22-31-23-51(49-48-31)16-17-62-33-15-13-14-32(19-33)52(59)60/h13-15,19,23,25-30,34-36,38-42,44,54-56,58H,12,16-18,20-22,24H2,1-11H3/t25-,26+,27+,28-,29+,30+,34+,35-,36+,38-,39+,40-,41+,42-,44+,45-,46-,47-/m1/s1. The van der Waals surface area contributed by atoms with Crippen molar-refractivity contribution in [3.63, 3.8) is 0 Å². The molecule has 2 aromatic rings. The van der Waals surface area contributed by atoms with Gasteiger partial charge < -0.3 is 58.3 Å². The lowest BCUT2D eigenvalue weighted by molar-refractivity contribution is -0.384. The van der Waals surface area contributed by atoms with Crippen molar-refractivity contribution in [3.8, 4) is 5.75 Å². The number of aromatic nitrogens is 3. The maximum atomic E-state index is 14.4. The van der Waals surface area contributed by atoms with Crippen LogP contribution in [0.2, 0.25) is 0 Å². The van der Waals surface area contributed by atoms with Crippen LogP contribution in [0.15, 0.2) is 30.5 Å². The van der Waals surface area contributed by atoms with Gasteiger partial charge in [0.25, 0.3) is 5.69 Å². The summed E-state index contributed by atoms with van der Waals surface area (Å²) in [6.07, 6.45) is -7.96. The lowest BCUT2D eigenvalue weighted by atomic mass is 9.75. The highest BCUT2D eigenvalue weighted by atomic mass is 16.7. The van der Waals surface area contributed by atoms with Gasteiger partial charge in [-0.25, -0.2) is 4.68 Å². The molecule has 0 aliphatic carbocycles. The van der Waals surface area contributed by atoms with Gasteiger partial charge in [0.15, 0.2) is 12.6 Å². The molecule has 0 unspecified atom stereocenters. The number of Topliss-reactive ketones (excluding diaryl/α,β-unsaturated/α-hetero) is 1. The molecule has 382 valence electrons. The Morgan fingerprint density at radius 2 is 1.74 bits per heavy atom. The second-order valence-corrected chi connectivity index (χ2v) is 20.1. The number of aliphatic hydroxyl groups is 4. The Hall–Kier alpha value is -3.74. The molecular weight excluding hydrogens is 891 g/mol. The lowest BCUT2D eigenvalue weighted by Crippen LogP contribution is -2.61. The fraction of sp³-hybridized carbons (Fsp3) is 0.787. The quantitative estimate of drug-likeness (QED) is 0.120. The molecule has 2 bridgehead atoms. The number of ketones is 1. The van der Waals surface area contributed by atoms with Crippen LogP contribution in [-0.2, 0) is 55.8 Å². The van der Waals surface area contributed by atoms with E-state index in [2.05, 4.69) is 10.3 Å². The molecule has 68 heavy (non-hydrogen) atoms. The smallest absolute Gasteiger partial charge is 0.311 e. The number of fused-ring (bicyclic) bond motifs is 2. The minimum atomic E-state index is -2.00. The highest BCUT2D eigenvalue weighted by Crippen LogP contribution is 2.45. The number of nitrogens with zero attached hydrogens (tertiary/aromatic N) is 5. The van der Waals surface area contributed by atoms with Crippen LogP contribution < -0.4 is 4.74 Å². The molecule has 21 nitrogen and oxygen atoms in total. The summed E-state index contributed by atoms with van der Waals surface area (Å²) < 4.78 is 52.0. The number of rotatable bonds is 14. The predicted molar refractivity (Wildman–Crippen MR) is 241 cm³/mol. The Kier molecular flexibility index (Phi) is 17.1. The van der Waals surface area contributed by atoms with Crippen LogP contribution >= 0.6 is 0 Å². The Morgan fingerprint density at radius 3 is 2.41 bits per heavy atom. The molecule has 4 aliphatic heterocycles. The number of esters is 1. The van der Waals surface area contributed by atoms with Crippen molar-refractivity contribution in [3.05, 3.63) is 46.3 Å². The number of ether oxygens (including phenoxy) is 8. The monoisotopic (exact) mass is 964 g/mol. The van der Waals surface area contributed by atoms with Gasteiger partial charge in [-0.15, -0.1) is 5.10 Å². The summed E-state index contributed by atoms with van der Waals surface area (Å²) >= 11 is 0. The van der Waals surface area contributed by atoms with Crippen LogP contribution in [0.5, 0.6) is 5.75 Å². The first-order valence-electron chi connectivity index (χ1n) is 23.7. The number of likely N-dealkylation sites (N-methyl/N-ethyl adjacent to an activating group) is 1. The SMILES string of the molecule is CC[C@H]1OC(=O)[C@H](C)[C@@H](O[C@H]2C[C@@](C)(OC)[C@@H](O)[C@H](C)O2)[C@H](C)[C@@H](O[C@@H]2O[C@H](C)C[C@H](N(C)Cc3cn(CCOc4cccc([N+](=O)[O-])c4)nn3)[C@H]2O)[C@@]2(C)C[C@@H](CO2)C(=O)[C@H](C)[C@@H](O)[C@]1(C)O. The summed E-state index contributed by atoms with van der Waals surface area (Å²) in [7, 11) is 3.33. The summed E-state index contributed by atoms with van der Waals surface area (Å²) in [5.74, 6) is -4.35. The zero-order valence-electron chi connectivity index (χ0n) is 41.1. The molecule has 0 radical (unpaired) electrons. The lowest BCUT2D eigenvalue weighted by Gasteiger charge is -2.49. The molecule has 0 spiro atoms. The Labute approximate surface area is 397 Å². The van der Waals surface area contributed by atoms with Gasteiger partial charge in [-0.2, -0.15) is 0 Å². The molecule has 4 saturated heterocycles. The van der Waals surface area contributed by atoms with Gasteiger partial charge in [0, 0.05) is 56.1 Å². The van der Waals surface area contributed by atoms with E-state index in [9.17, 15) is 40.1 Å². The first kappa shape index (κ1) is 53.6. The summed E-state index contributed by atoms with van der Waals surface area (Å²) in [6, 6.07) is 5.41. The second kappa shape index (κ2) is 21.7. The summed E-state index contributed by atoms with van der Waals surface area (Å²) in [5.41, 5.74) is -3.80. The number of methoxy groups -OCH3 is 1. The number of carbonyl (C=O) groups excluding carboxylic acids is 2. The zero-order chi connectivity index (χ0) is 50.0.